The van der Waals surface area contributed by atoms with Gasteiger partial charge in [-0.05, 0) is 26.2 Å². The van der Waals surface area contributed by atoms with Crippen LogP contribution in [-0.2, 0) is 0 Å². The van der Waals surface area contributed by atoms with Gasteiger partial charge in [0.1, 0.15) is 0 Å². The molecule has 1 atom stereocenters. The van der Waals surface area contributed by atoms with Crippen molar-refractivity contribution in [2.24, 2.45) is 0 Å². The van der Waals surface area contributed by atoms with Gasteiger partial charge in [0.25, 0.3) is 0 Å². The molecule has 1 saturated heterocycles. The predicted octanol–water partition coefficient (Wildman–Crippen LogP) is 1.05. The van der Waals surface area contributed by atoms with Crippen molar-refractivity contribution in [1.82, 2.24) is 15.0 Å². The van der Waals surface area contributed by atoms with Crippen molar-refractivity contribution in [1.29, 1.82) is 0 Å². The maximum Gasteiger partial charge on any atom is 0.323 e. The Kier molecular flexibility index (Phi) is 4.59. The highest BCUT2D eigenvalue weighted by Crippen LogP contribution is 2.24. The summed E-state index contributed by atoms with van der Waals surface area (Å²) in [4.78, 5) is 14.8. The molecule has 20 heavy (non-hydrogen) atoms. The second-order valence-electron chi connectivity index (χ2n) is 5.36. The molecule has 2 rings (SSSR count). The second kappa shape index (κ2) is 6.21. The van der Waals surface area contributed by atoms with Crippen LogP contribution in [0.3, 0.4) is 0 Å². The summed E-state index contributed by atoms with van der Waals surface area (Å²) in [5, 5.41) is 13.1. The highest BCUT2D eigenvalue weighted by molar-refractivity contribution is 5.39. The minimum Gasteiger partial charge on any atom is -0.463 e. The molecule has 1 fully saturated rings. The summed E-state index contributed by atoms with van der Waals surface area (Å²) in [5.74, 6) is 1.03. The molecule has 1 aliphatic heterocycles. The average Bonchev–Trinajstić information content (AvgIpc) is 2.43. The Labute approximate surface area is 119 Å². The first kappa shape index (κ1) is 14.8. The number of anilines is 2. The molecular formula is C13H23N5O2. The number of nitrogens with zero attached hydrogens (tertiary/aromatic N) is 4. The number of ether oxygens (including phenoxy) is 1. The fraction of sp³-hybridized carbons (Fsp3) is 0.769. The quantitative estimate of drug-likeness (QED) is 0.834. The van der Waals surface area contributed by atoms with E-state index in [2.05, 4.69) is 20.3 Å². The van der Waals surface area contributed by atoms with E-state index in [9.17, 15) is 5.11 Å². The Bertz CT molecular complexity index is 452. The van der Waals surface area contributed by atoms with Gasteiger partial charge in [-0.2, -0.15) is 15.0 Å². The number of aromatic nitrogens is 3. The lowest BCUT2D eigenvalue weighted by atomic mass is 9.95. The third-order valence-electron chi connectivity index (χ3n) is 3.22. The lowest BCUT2D eigenvalue weighted by Gasteiger charge is -2.36. The van der Waals surface area contributed by atoms with Crippen molar-refractivity contribution in [3.63, 3.8) is 0 Å². The SMILES string of the molecule is CCCOc1nc(NC)nc(N2CCCC(C)(O)C2)n1. The molecule has 2 heterocycles. The molecule has 0 radical (unpaired) electrons. The minimum absolute atomic E-state index is 0.325. The van der Waals surface area contributed by atoms with Gasteiger partial charge in [0, 0.05) is 20.1 Å². The summed E-state index contributed by atoms with van der Waals surface area (Å²) >= 11 is 0. The van der Waals surface area contributed by atoms with E-state index >= 15 is 0 Å². The minimum atomic E-state index is -0.699. The molecule has 7 heteroatoms. The second-order valence-corrected chi connectivity index (χ2v) is 5.36. The molecule has 0 bridgehead atoms. The molecule has 1 aliphatic rings. The normalized spacial score (nSPS) is 22.7. The van der Waals surface area contributed by atoms with Gasteiger partial charge in [-0.3, -0.25) is 0 Å². The van der Waals surface area contributed by atoms with Gasteiger partial charge in [0.15, 0.2) is 0 Å². The molecule has 1 unspecified atom stereocenters. The topological polar surface area (TPSA) is 83.4 Å². The summed E-state index contributed by atoms with van der Waals surface area (Å²) in [7, 11) is 1.76. The number of aliphatic hydroxyl groups is 1. The van der Waals surface area contributed by atoms with Crippen molar-refractivity contribution in [2.75, 3.05) is 37.0 Å². The Morgan fingerprint density at radius 1 is 1.40 bits per heavy atom. The first-order valence-corrected chi connectivity index (χ1v) is 7.08. The van der Waals surface area contributed by atoms with Crippen molar-refractivity contribution in [3.8, 4) is 6.01 Å². The molecule has 1 aromatic heterocycles. The van der Waals surface area contributed by atoms with Crippen molar-refractivity contribution in [2.45, 2.75) is 38.7 Å². The predicted molar refractivity (Wildman–Crippen MR) is 77.2 cm³/mol. The van der Waals surface area contributed by atoms with E-state index in [1.54, 1.807) is 7.05 Å². The van der Waals surface area contributed by atoms with Crippen LogP contribution in [0.15, 0.2) is 0 Å². The highest BCUT2D eigenvalue weighted by atomic mass is 16.5. The van der Waals surface area contributed by atoms with Gasteiger partial charge < -0.3 is 20.1 Å². The Morgan fingerprint density at radius 2 is 2.20 bits per heavy atom. The third-order valence-corrected chi connectivity index (χ3v) is 3.22. The van der Waals surface area contributed by atoms with E-state index in [0.717, 1.165) is 25.8 Å². The summed E-state index contributed by atoms with van der Waals surface area (Å²) in [6.45, 7) is 5.80. The standard InChI is InChI=1S/C13H23N5O2/c1-4-8-20-12-16-10(14-3)15-11(17-12)18-7-5-6-13(2,19)9-18/h19H,4-9H2,1-3H3,(H,14,15,16,17). The number of β-amino-alcohol motifs (C(OH)–C–C–N with tert-alkyl or cyclic N) is 1. The van der Waals surface area contributed by atoms with Crippen LogP contribution >= 0.6 is 0 Å². The molecule has 1 aromatic rings. The molecule has 0 spiro atoms. The van der Waals surface area contributed by atoms with Crippen molar-refractivity contribution >= 4 is 11.9 Å². The summed E-state index contributed by atoms with van der Waals surface area (Å²) in [6.07, 6.45) is 2.61. The monoisotopic (exact) mass is 281 g/mol. The number of hydrogen-bond donors (Lipinski definition) is 2. The Hall–Kier alpha value is -1.63. The van der Waals surface area contributed by atoms with Crippen LogP contribution in [0.5, 0.6) is 6.01 Å². The maximum atomic E-state index is 10.2. The number of hydrogen-bond acceptors (Lipinski definition) is 7. The van der Waals surface area contributed by atoms with Gasteiger partial charge in [0.2, 0.25) is 11.9 Å². The van der Waals surface area contributed by atoms with Gasteiger partial charge in [-0.15, -0.1) is 0 Å². The van der Waals surface area contributed by atoms with E-state index in [1.807, 2.05) is 18.7 Å². The van der Waals surface area contributed by atoms with Crippen LogP contribution in [0.25, 0.3) is 0 Å². The van der Waals surface area contributed by atoms with E-state index < -0.39 is 5.60 Å². The van der Waals surface area contributed by atoms with Crippen molar-refractivity contribution in [3.05, 3.63) is 0 Å². The smallest absolute Gasteiger partial charge is 0.323 e. The van der Waals surface area contributed by atoms with Gasteiger partial charge >= 0.3 is 6.01 Å². The highest BCUT2D eigenvalue weighted by Gasteiger charge is 2.30. The fourth-order valence-electron chi connectivity index (χ4n) is 2.25. The molecule has 112 valence electrons. The molecule has 7 nitrogen and oxygen atoms in total. The van der Waals surface area contributed by atoms with Crippen LogP contribution in [0, 0.1) is 0 Å². The van der Waals surface area contributed by atoms with Gasteiger partial charge in [-0.25, -0.2) is 0 Å². The van der Waals surface area contributed by atoms with Crippen molar-refractivity contribution < 1.29 is 9.84 Å². The first-order valence-electron chi connectivity index (χ1n) is 7.08. The largest absolute Gasteiger partial charge is 0.463 e. The Morgan fingerprint density at radius 3 is 2.85 bits per heavy atom. The van der Waals surface area contributed by atoms with Gasteiger partial charge in [-0.1, -0.05) is 6.92 Å². The zero-order chi connectivity index (χ0) is 14.6. The summed E-state index contributed by atoms with van der Waals surface area (Å²) in [5.41, 5.74) is -0.699. The number of rotatable bonds is 5. The zero-order valence-corrected chi connectivity index (χ0v) is 12.4. The third kappa shape index (κ3) is 3.69. The van der Waals surface area contributed by atoms with Crippen LogP contribution in [0.2, 0.25) is 0 Å². The average molecular weight is 281 g/mol. The molecule has 2 N–H and O–H groups in total. The van der Waals surface area contributed by atoms with Crippen LogP contribution in [-0.4, -0.2) is 52.4 Å². The molecule has 0 amide bonds. The molecule has 0 saturated carbocycles. The molecule has 0 aliphatic carbocycles. The summed E-state index contributed by atoms with van der Waals surface area (Å²) in [6, 6.07) is 0.325. The first-order chi connectivity index (χ1) is 9.54. The maximum absolute atomic E-state index is 10.2. The Balaban J connectivity index is 2.21. The number of piperidine rings is 1. The lowest BCUT2D eigenvalue weighted by Crippen LogP contribution is -2.46. The molecular weight excluding hydrogens is 258 g/mol. The lowest BCUT2D eigenvalue weighted by molar-refractivity contribution is 0.0444. The summed E-state index contributed by atoms with van der Waals surface area (Å²) < 4.78 is 5.49. The molecule has 0 aromatic carbocycles. The van der Waals surface area contributed by atoms with E-state index in [0.29, 0.717) is 31.1 Å². The fourth-order valence-corrected chi connectivity index (χ4v) is 2.25. The van der Waals surface area contributed by atoms with E-state index in [1.165, 1.54) is 0 Å². The van der Waals surface area contributed by atoms with Crippen LogP contribution < -0.4 is 15.0 Å². The van der Waals surface area contributed by atoms with Crippen LogP contribution in [0.4, 0.5) is 11.9 Å². The van der Waals surface area contributed by atoms with E-state index in [-0.39, 0.29) is 0 Å². The van der Waals surface area contributed by atoms with Crippen LogP contribution in [0.1, 0.15) is 33.1 Å². The zero-order valence-electron chi connectivity index (χ0n) is 12.4. The van der Waals surface area contributed by atoms with Gasteiger partial charge in [0.05, 0.1) is 12.2 Å². The van der Waals surface area contributed by atoms with E-state index in [4.69, 9.17) is 4.74 Å². The number of nitrogens with one attached hydrogen (secondary N) is 1.